The number of nitrogens with zero attached hydrogens (tertiary/aromatic N) is 4. The summed E-state index contributed by atoms with van der Waals surface area (Å²) in [5, 5.41) is 13.0. The molecule has 1 spiro atoms. The van der Waals surface area contributed by atoms with E-state index in [0.717, 1.165) is 5.56 Å². The van der Waals surface area contributed by atoms with Gasteiger partial charge in [0.15, 0.2) is 0 Å². The smallest absolute Gasteiger partial charge is 0.302 e. The normalized spacial score (nSPS) is 20.7. The van der Waals surface area contributed by atoms with E-state index >= 15 is 0 Å². The molecule has 0 aliphatic carbocycles. The first-order valence-electron chi connectivity index (χ1n) is 12.6. The van der Waals surface area contributed by atoms with E-state index in [1.54, 1.807) is 31.3 Å². The van der Waals surface area contributed by atoms with Crippen LogP contribution in [0, 0.1) is 23.8 Å². The van der Waals surface area contributed by atoms with Crippen LogP contribution in [-0.4, -0.2) is 58.3 Å². The first kappa shape index (κ1) is 25.0. The molecule has 9 nitrogen and oxygen atoms in total. The summed E-state index contributed by atoms with van der Waals surface area (Å²) in [6.45, 7) is 11.8. The molecule has 2 aliphatic heterocycles. The Bertz CT molecular complexity index is 1540. The fourth-order valence-corrected chi connectivity index (χ4v) is 5.72. The van der Waals surface area contributed by atoms with Gasteiger partial charge < -0.3 is 15.2 Å². The predicted molar refractivity (Wildman–Crippen MR) is 142 cm³/mol. The van der Waals surface area contributed by atoms with Crippen LogP contribution in [0.1, 0.15) is 48.3 Å². The van der Waals surface area contributed by atoms with Gasteiger partial charge in [-0.15, -0.1) is 0 Å². The number of rotatable bonds is 5. The van der Waals surface area contributed by atoms with Crippen LogP contribution in [0.5, 0.6) is 0 Å². The minimum absolute atomic E-state index is 0.0796. The number of carbonyl (C=O) groups is 3. The summed E-state index contributed by atoms with van der Waals surface area (Å²) >= 11 is 0. The predicted octanol–water partition coefficient (Wildman–Crippen LogP) is 3.89. The number of likely N-dealkylation sites (tertiary alicyclic amines) is 1. The second kappa shape index (κ2) is 9.35. The van der Waals surface area contributed by atoms with E-state index in [1.165, 1.54) is 9.80 Å². The van der Waals surface area contributed by atoms with E-state index < -0.39 is 17.6 Å². The second-order valence-corrected chi connectivity index (χ2v) is 10.5. The standard InChI is InChI=1S/C29H28N6O3/c1-17(2)12-24(34(4)26(36)23-13-19-18(15-30)8-7-11-21(19)32-23)27(37)35-16-29(14-25(35)31-3)20-9-5-6-10-22(20)33-28(29)38/h5-11,13,17,24-25,32H,12,14,16H2,1-2,4H3,(H,33,38)/t24-,25-,29-/m0/s1. The SMILES string of the molecule is [C-]#[N+][C@@H]1C[C@@]2(CN1C(=O)[C@H](CC(C)C)N(C)C(=O)c1cc3c(C#N)cccc3[nH]1)C(=O)Nc1ccccc12. The lowest BCUT2D eigenvalue weighted by Crippen LogP contribution is -2.51. The highest BCUT2D eigenvalue weighted by Crippen LogP contribution is 2.47. The van der Waals surface area contributed by atoms with Crippen molar-refractivity contribution < 1.29 is 14.4 Å². The zero-order valence-corrected chi connectivity index (χ0v) is 21.5. The number of aromatic amines is 1. The molecule has 1 aromatic heterocycles. The van der Waals surface area contributed by atoms with Crippen molar-refractivity contribution in [1.82, 2.24) is 14.8 Å². The molecule has 3 amide bonds. The lowest BCUT2D eigenvalue weighted by Gasteiger charge is -2.32. The highest BCUT2D eigenvalue weighted by molar-refractivity contribution is 6.07. The number of anilines is 1. The van der Waals surface area contributed by atoms with Crippen LogP contribution in [0.4, 0.5) is 5.69 Å². The molecule has 192 valence electrons. The Morgan fingerprint density at radius 1 is 1.26 bits per heavy atom. The van der Waals surface area contributed by atoms with Gasteiger partial charge in [0.05, 0.1) is 18.1 Å². The van der Waals surface area contributed by atoms with Gasteiger partial charge in [-0.2, -0.15) is 5.26 Å². The Hall–Kier alpha value is -4.63. The van der Waals surface area contributed by atoms with Gasteiger partial charge in [-0.05, 0) is 42.2 Å². The summed E-state index contributed by atoms with van der Waals surface area (Å²) in [6, 6.07) is 15.5. The third kappa shape index (κ3) is 3.88. The van der Waals surface area contributed by atoms with Gasteiger partial charge in [0.25, 0.3) is 11.8 Å². The van der Waals surface area contributed by atoms with E-state index in [4.69, 9.17) is 6.57 Å². The first-order chi connectivity index (χ1) is 18.2. The largest absolute Gasteiger partial charge is 0.350 e. The molecule has 1 fully saturated rings. The third-order valence-corrected chi connectivity index (χ3v) is 7.67. The summed E-state index contributed by atoms with van der Waals surface area (Å²) in [6.07, 6.45) is -0.221. The molecule has 3 aromatic rings. The molecular formula is C29H28N6O3. The van der Waals surface area contributed by atoms with Gasteiger partial charge in [0, 0.05) is 30.2 Å². The number of hydrogen-bond donors (Lipinski definition) is 2. The summed E-state index contributed by atoms with van der Waals surface area (Å²) in [5.74, 6) is -0.857. The fourth-order valence-electron chi connectivity index (χ4n) is 5.72. The van der Waals surface area contributed by atoms with Gasteiger partial charge in [-0.1, -0.05) is 38.1 Å². The molecule has 3 heterocycles. The summed E-state index contributed by atoms with van der Waals surface area (Å²) < 4.78 is 0. The monoisotopic (exact) mass is 508 g/mol. The molecule has 0 saturated carbocycles. The van der Waals surface area contributed by atoms with E-state index in [9.17, 15) is 19.6 Å². The van der Waals surface area contributed by atoms with Crippen LogP contribution in [0.3, 0.4) is 0 Å². The van der Waals surface area contributed by atoms with Gasteiger partial charge in [0.2, 0.25) is 5.91 Å². The minimum Gasteiger partial charge on any atom is -0.350 e. The van der Waals surface area contributed by atoms with Gasteiger partial charge in [0.1, 0.15) is 17.2 Å². The number of para-hydroxylation sites is 1. The Morgan fingerprint density at radius 3 is 2.74 bits per heavy atom. The third-order valence-electron chi connectivity index (χ3n) is 7.67. The Morgan fingerprint density at radius 2 is 2.03 bits per heavy atom. The maximum atomic E-state index is 14.1. The van der Waals surface area contributed by atoms with Crippen molar-refractivity contribution >= 4 is 34.3 Å². The van der Waals surface area contributed by atoms with Crippen molar-refractivity contribution in [2.24, 2.45) is 5.92 Å². The maximum absolute atomic E-state index is 14.1. The van der Waals surface area contributed by atoms with Gasteiger partial charge in [-0.25, -0.2) is 6.57 Å². The number of aromatic nitrogens is 1. The van der Waals surface area contributed by atoms with E-state index in [2.05, 4.69) is 21.2 Å². The zero-order valence-electron chi connectivity index (χ0n) is 21.5. The maximum Gasteiger partial charge on any atom is 0.302 e. The number of amides is 3. The van der Waals surface area contributed by atoms with Crippen molar-refractivity contribution in [2.75, 3.05) is 18.9 Å². The molecule has 2 N–H and O–H groups in total. The summed E-state index contributed by atoms with van der Waals surface area (Å²) in [7, 11) is 1.58. The Labute approximate surface area is 220 Å². The average molecular weight is 509 g/mol. The summed E-state index contributed by atoms with van der Waals surface area (Å²) in [5.41, 5.74) is 1.90. The molecule has 38 heavy (non-hydrogen) atoms. The highest BCUT2D eigenvalue weighted by atomic mass is 16.2. The van der Waals surface area contributed by atoms with E-state index in [0.29, 0.717) is 28.6 Å². The number of carbonyl (C=O) groups excluding carboxylic acids is 3. The van der Waals surface area contributed by atoms with Crippen molar-refractivity contribution in [2.45, 2.75) is 44.3 Å². The highest BCUT2D eigenvalue weighted by Gasteiger charge is 2.59. The van der Waals surface area contributed by atoms with Crippen molar-refractivity contribution in [3.63, 3.8) is 0 Å². The van der Waals surface area contributed by atoms with Crippen LogP contribution in [0.25, 0.3) is 15.7 Å². The summed E-state index contributed by atoms with van der Waals surface area (Å²) in [4.78, 5) is 50.5. The van der Waals surface area contributed by atoms with E-state index in [1.807, 2.05) is 38.1 Å². The second-order valence-electron chi connectivity index (χ2n) is 10.5. The lowest BCUT2D eigenvalue weighted by atomic mass is 9.80. The van der Waals surface area contributed by atoms with Crippen molar-refractivity contribution in [3.8, 4) is 6.07 Å². The molecule has 9 heteroatoms. The average Bonchev–Trinajstić information content (AvgIpc) is 3.60. The van der Waals surface area contributed by atoms with Crippen molar-refractivity contribution in [1.29, 1.82) is 5.26 Å². The number of likely N-dealkylation sites (N-methyl/N-ethyl adjacent to an activating group) is 1. The molecule has 0 unspecified atom stereocenters. The number of H-pyrrole nitrogens is 1. The number of fused-ring (bicyclic) bond motifs is 3. The zero-order chi connectivity index (χ0) is 27.2. The van der Waals surface area contributed by atoms with Gasteiger partial charge >= 0.3 is 6.17 Å². The lowest BCUT2D eigenvalue weighted by molar-refractivity contribution is -0.136. The van der Waals surface area contributed by atoms with Gasteiger partial charge in [-0.3, -0.25) is 24.1 Å². The number of hydrogen-bond acceptors (Lipinski definition) is 4. The molecule has 5 rings (SSSR count). The number of nitriles is 1. The molecular weight excluding hydrogens is 480 g/mol. The van der Waals surface area contributed by atoms with E-state index in [-0.39, 0.29) is 42.3 Å². The molecule has 2 aromatic carbocycles. The molecule has 1 saturated heterocycles. The molecule has 0 bridgehead atoms. The van der Waals surface area contributed by atoms with Crippen molar-refractivity contribution in [3.05, 3.63) is 76.8 Å². The van der Waals surface area contributed by atoms with Crippen LogP contribution >= 0.6 is 0 Å². The van der Waals surface area contributed by atoms with Crippen LogP contribution in [0.15, 0.2) is 48.5 Å². The quantitative estimate of drug-likeness (QED) is 0.509. The number of nitrogens with one attached hydrogen (secondary N) is 2. The van der Waals surface area contributed by atoms with Crippen LogP contribution < -0.4 is 5.32 Å². The Balaban J connectivity index is 1.47. The Kier molecular flexibility index (Phi) is 6.16. The molecule has 2 aliphatic rings. The first-order valence-corrected chi connectivity index (χ1v) is 12.6. The number of benzene rings is 2. The minimum atomic E-state index is -0.989. The fraction of sp³-hybridized carbons (Fsp3) is 0.345. The van der Waals surface area contributed by atoms with Crippen LogP contribution in [0.2, 0.25) is 0 Å². The molecule has 0 radical (unpaired) electrons. The van der Waals surface area contributed by atoms with Crippen LogP contribution in [-0.2, 0) is 15.0 Å². The topological polar surface area (TPSA) is 114 Å². The molecule has 3 atom stereocenters.